The van der Waals surface area contributed by atoms with Gasteiger partial charge in [-0.25, -0.2) is 0 Å². The third-order valence-corrected chi connectivity index (χ3v) is 4.10. The molecule has 1 aliphatic rings. The van der Waals surface area contributed by atoms with Gasteiger partial charge in [0.15, 0.2) is 0 Å². The molecule has 24 heavy (non-hydrogen) atoms. The van der Waals surface area contributed by atoms with Crippen LogP contribution in [0.4, 0.5) is 0 Å². The van der Waals surface area contributed by atoms with Gasteiger partial charge in [0.05, 0.1) is 0 Å². The largest absolute Gasteiger partial charge is 0.457 e. The standard InChI is InChI=1S/C13H10O.C9H7N/c1-3-7-12-10(5-1)9-11-6-2-4-8-13(11)14-12;1-2-4-9-7-10-6-5-8(9)3-1/h1-8H,9H2;1-7H. The van der Waals surface area contributed by atoms with E-state index in [4.69, 9.17) is 4.74 Å². The summed E-state index contributed by atoms with van der Waals surface area (Å²) in [6, 6.07) is 26.6. The van der Waals surface area contributed by atoms with Gasteiger partial charge in [-0.1, -0.05) is 60.7 Å². The monoisotopic (exact) mass is 311 g/mol. The summed E-state index contributed by atoms with van der Waals surface area (Å²) in [7, 11) is 0. The summed E-state index contributed by atoms with van der Waals surface area (Å²) >= 11 is 0. The highest BCUT2D eigenvalue weighted by Gasteiger charge is 2.14. The Morgan fingerprint density at radius 2 is 1.21 bits per heavy atom. The van der Waals surface area contributed by atoms with Gasteiger partial charge in [0.25, 0.3) is 0 Å². The number of aromatic nitrogens is 1. The molecule has 0 fully saturated rings. The minimum absolute atomic E-state index is 0.979. The molecule has 0 saturated carbocycles. The van der Waals surface area contributed by atoms with E-state index in [1.54, 1.807) is 0 Å². The lowest BCUT2D eigenvalue weighted by atomic mass is 10.0. The molecule has 1 aliphatic heterocycles. The van der Waals surface area contributed by atoms with Crippen molar-refractivity contribution < 1.29 is 4.74 Å². The number of rotatable bonds is 0. The summed E-state index contributed by atoms with van der Waals surface area (Å²) in [6.45, 7) is 0. The van der Waals surface area contributed by atoms with Gasteiger partial charge < -0.3 is 4.74 Å². The number of ether oxygens (including phenoxy) is 1. The average Bonchev–Trinajstić information content (AvgIpc) is 2.67. The molecule has 4 aromatic rings. The van der Waals surface area contributed by atoms with Crippen LogP contribution in [0.2, 0.25) is 0 Å². The first-order chi connectivity index (χ1) is 11.9. The van der Waals surface area contributed by atoms with E-state index in [9.17, 15) is 0 Å². The average molecular weight is 311 g/mol. The van der Waals surface area contributed by atoms with E-state index in [-0.39, 0.29) is 0 Å². The van der Waals surface area contributed by atoms with E-state index >= 15 is 0 Å². The third kappa shape index (κ3) is 2.99. The summed E-state index contributed by atoms with van der Waals surface area (Å²) in [5.74, 6) is 1.98. The van der Waals surface area contributed by atoms with Crippen LogP contribution in [0.3, 0.4) is 0 Å². The summed E-state index contributed by atoms with van der Waals surface area (Å²) in [5, 5.41) is 2.45. The Kier molecular flexibility index (Phi) is 3.95. The molecule has 1 aromatic heterocycles. The lowest BCUT2D eigenvalue weighted by Gasteiger charge is -2.19. The van der Waals surface area contributed by atoms with Gasteiger partial charge in [0.1, 0.15) is 11.5 Å². The van der Waals surface area contributed by atoms with E-state index in [0.29, 0.717) is 0 Å². The summed E-state index contributed by atoms with van der Waals surface area (Å²) in [6.07, 6.45) is 4.66. The van der Waals surface area contributed by atoms with Crippen LogP contribution in [-0.2, 0) is 6.42 Å². The third-order valence-electron chi connectivity index (χ3n) is 4.10. The van der Waals surface area contributed by atoms with Crippen LogP contribution in [-0.4, -0.2) is 4.98 Å². The molecule has 2 heteroatoms. The van der Waals surface area contributed by atoms with E-state index in [0.717, 1.165) is 17.9 Å². The summed E-state index contributed by atoms with van der Waals surface area (Å²) in [4.78, 5) is 4.01. The maximum atomic E-state index is 5.78. The predicted molar refractivity (Wildman–Crippen MR) is 97.5 cm³/mol. The van der Waals surface area contributed by atoms with E-state index in [1.165, 1.54) is 21.9 Å². The van der Waals surface area contributed by atoms with Crippen molar-refractivity contribution in [2.45, 2.75) is 6.42 Å². The lowest BCUT2D eigenvalue weighted by molar-refractivity contribution is 0.460. The molecule has 116 valence electrons. The van der Waals surface area contributed by atoms with Crippen LogP contribution < -0.4 is 4.74 Å². The number of pyridine rings is 1. The molecule has 0 amide bonds. The van der Waals surface area contributed by atoms with Crippen molar-refractivity contribution in [3.05, 3.63) is 102 Å². The zero-order valence-corrected chi connectivity index (χ0v) is 13.2. The number of benzene rings is 3. The van der Waals surface area contributed by atoms with E-state index < -0.39 is 0 Å². The van der Waals surface area contributed by atoms with Crippen molar-refractivity contribution in [2.24, 2.45) is 0 Å². The Balaban J connectivity index is 0.000000129. The van der Waals surface area contributed by atoms with Crippen molar-refractivity contribution in [2.75, 3.05) is 0 Å². The molecule has 0 aliphatic carbocycles. The Morgan fingerprint density at radius 1 is 0.625 bits per heavy atom. The summed E-state index contributed by atoms with van der Waals surface area (Å²) < 4.78 is 5.78. The molecule has 5 rings (SSSR count). The topological polar surface area (TPSA) is 22.1 Å². The quantitative estimate of drug-likeness (QED) is 0.370. The van der Waals surface area contributed by atoms with Gasteiger partial charge >= 0.3 is 0 Å². The first-order valence-electron chi connectivity index (χ1n) is 8.02. The fraction of sp³-hybridized carbons (Fsp3) is 0.0455. The SMILES string of the molecule is c1ccc2c(c1)Cc1ccccc1O2.c1ccc2cnccc2c1. The normalized spacial score (nSPS) is 11.5. The molecular formula is C22H17NO. The fourth-order valence-electron chi connectivity index (χ4n) is 2.85. The molecule has 3 aromatic carbocycles. The number of fused-ring (bicyclic) bond motifs is 3. The highest BCUT2D eigenvalue weighted by Crippen LogP contribution is 2.35. The van der Waals surface area contributed by atoms with Crippen molar-refractivity contribution in [3.63, 3.8) is 0 Å². The predicted octanol–water partition coefficient (Wildman–Crippen LogP) is 5.62. The second-order valence-electron chi connectivity index (χ2n) is 5.72. The molecule has 0 atom stereocenters. The first kappa shape index (κ1) is 14.5. The van der Waals surface area contributed by atoms with Crippen molar-refractivity contribution in [3.8, 4) is 11.5 Å². The van der Waals surface area contributed by atoms with Gasteiger partial charge in [-0.3, -0.25) is 4.98 Å². The van der Waals surface area contributed by atoms with Crippen LogP contribution in [0.5, 0.6) is 11.5 Å². The molecule has 0 bridgehead atoms. The first-order valence-corrected chi connectivity index (χ1v) is 8.02. The van der Waals surface area contributed by atoms with Gasteiger partial charge in [-0.15, -0.1) is 0 Å². The summed E-state index contributed by atoms with van der Waals surface area (Å²) in [5.41, 5.74) is 2.54. The number of para-hydroxylation sites is 2. The van der Waals surface area contributed by atoms with E-state index in [2.05, 4.69) is 41.4 Å². The fourth-order valence-corrected chi connectivity index (χ4v) is 2.85. The molecule has 0 spiro atoms. The maximum absolute atomic E-state index is 5.78. The highest BCUT2D eigenvalue weighted by atomic mass is 16.5. The smallest absolute Gasteiger partial charge is 0.130 e. The van der Waals surface area contributed by atoms with Crippen LogP contribution in [0.1, 0.15) is 11.1 Å². The van der Waals surface area contributed by atoms with Crippen LogP contribution >= 0.6 is 0 Å². The Morgan fingerprint density at radius 3 is 1.88 bits per heavy atom. The van der Waals surface area contributed by atoms with Crippen LogP contribution in [0.15, 0.2) is 91.3 Å². The Labute approximate surface area is 141 Å². The molecule has 2 heterocycles. The Bertz CT molecular complexity index is 825. The number of hydrogen-bond acceptors (Lipinski definition) is 2. The second kappa shape index (κ2) is 6.55. The number of nitrogens with zero attached hydrogens (tertiary/aromatic N) is 1. The van der Waals surface area contributed by atoms with Gasteiger partial charge in [0.2, 0.25) is 0 Å². The van der Waals surface area contributed by atoms with Crippen molar-refractivity contribution in [1.29, 1.82) is 0 Å². The Hall–Kier alpha value is -3.13. The zero-order chi connectivity index (χ0) is 16.2. The maximum Gasteiger partial charge on any atom is 0.130 e. The van der Waals surface area contributed by atoms with E-state index in [1.807, 2.05) is 54.9 Å². The molecule has 2 nitrogen and oxygen atoms in total. The second-order valence-corrected chi connectivity index (χ2v) is 5.72. The van der Waals surface area contributed by atoms with Crippen LogP contribution in [0, 0.1) is 0 Å². The van der Waals surface area contributed by atoms with Gasteiger partial charge in [0, 0.05) is 18.8 Å². The molecule has 0 radical (unpaired) electrons. The lowest BCUT2D eigenvalue weighted by Crippen LogP contribution is -2.01. The highest BCUT2D eigenvalue weighted by molar-refractivity contribution is 5.80. The van der Waals surface area contributed by atoms with Crippen molar-refractivity contribution >= 4 is 10.8 Å². The van der Waals surface area contributed by atoms with Gasteiger partial charge in [-0.2, -0.15) is 0 Å². The minimum Gasteiger partial charge on any atom is -0.457 e. The van der Waals surface area contributed by atoms with Crippen LogP contribution in [0.25, 0.3) is 10.8 Å². The number of hydrogen-bond donors (Lipinski definition) is 0. The molecule has 0 unspecified atom stereocenters. The molecule has 0 N–H and O–H groups in total. The van der Waals surface area contributed by atoms with Crippen molar-refractivity contribution in [1.82, 2.24) is 4.98 Å². The molecular weight excluding hydrogens is 294 g/mol. The molecule has 0 saturated heterocycles. The zero-order valence-electron chi connectivity index (χ0n) is 13.2. The minimum atomic E-state index is 0.979. The van der Waals surface area contributed by atoms with Gasteiger partial charge in [-0.05, 0) is 40.1 Å².